The quantitative estimate of drug-likeness (QED) is 0.430. The maximum Gasteiger partial charge on any atom is 0.234 e. The van der Waals surface area contributed by atoms with E-state index in [4.69, 9.17) is 0 Å². The first kappa shape index (κ1) is 20.8. The second kappa shape index (κ2) is 9.57. The van der Waals surface area contributed by atoms with Crippen molar-refractivity contribution in [2.45, 2.75) is 25.5 Å². The first-order chi connectivity index (χ1) is 15.1. The average Bonchev–Trinajstić information content (AvgIpc) is 3.18. The molecule has 0 bridgehead atoms. The van der Waals surface area contributed by atoms with E-state index in [0.29, 0.717) is 11.7 Å². The minimum atomic E-state index is -0.0783. The number of benzene rings is 2. The van der Waals surface area contributed by atoms with E-state index in [0.717, 1.165) is 28.2 Å². The van der Waals surface area contributed by atoms with Gasteiger partial charge in [0.2, 0.25) is 5.91 Å². The summed E-state index contributed by atoms with van der Waals surface area (Å²) < 4.78 is 2.03. The SMILES string of the molecule is Cc1ccc(NC(=O)CSc2nnc(-c3cccnc3)n2Cc2ccccc2)cc1C. The van der Waals surface area contributed by atoms with Crippen LogP contribution in [0.15, 0.2) is 78.2 Å². The van der Waals surface area contributed by atoms with Crippen molar-refractivity contribution in [2.75, 3.05) is 11.1 Å². The highest BCUT2D eigenvalue weighted by atomic mass is 32.2. The third-order valence-corrected chi connectivity index (χ3v) is 5.91. The Bertz CT molecular complexity index is 1180. The Hall–Kier alpha value is -3.45. The number of hydrogen-bond acceptors (Lipinski definition) is 5. The van der Waals surface area contributed by atoms with Crippen LogP contribution in [-0.2, 0) is 11.3 Å². The van der Waals surface area contributed by atoms with Crippen molar-refractivity contribution < 1.29 is 4.79 Å². The lowest BCUT2D eigenvalue weighted by Crippen LogP contribution is -2.15. The molecule has 2 aromatic heterocycles. The highest BCUT2D eigenvalue weighted by Gasteiger charge is 2.16. The van der Waals surface area contributed by atoms with Gasteiger partial charge < -0.3 is 5.32 Å². The number of carbonyl (C=O) groups is 1. The van der Waals surface area contributed by atoms with Crippen LogP contribution in [0.5, 0.6) is 0 Å². The normalized spacial score (nSPS) is 10.8. The third-order valence-electron chi connectivity index (χ3n) is 4.94. The van der Waals surface area contributed by atoms with E-state index in [1.165, 1.54) is 17.3 Å². The number of aromatic nitrogens is 4. The summed E-state index contributed by atoms with van der Waals surface area (Å²) in [5.41, 5.74) is 5.17. The van der Waals surface area contributed by atoms with Crippen LogP contribution in [0.3, 0.4) is 0 Å². The Morgan fingerprint density at radius 2 is 1.84 bits per heavy atom. The minimum absolute atomic E-state index is 0.0783. The Morgan fingerprint density at radius 3 is 2.58 bits per heavy atom. The molecule has 1 N–H and O–H groups in total. The number of pyridine rings is 1. The number of hydrogen-bond donors (Lipinski definition) is 1. The van der Waals surface area contributed by atoms with Crippen LogP contribution in [0.4, 0.5) is 5.69 Å². The van der Waals surface area contributed by atoms with Gasteiger partial charge in [-0.05, 0) is 54.8 Å². The fourth-order valence-electron chi connectivity index (χ4n) is 3.16. The number of anilines is 1. The van der Waals surface area contributed by atoms with E-state index >= 15 is 0 Å². The molecule has 6 nitrogen and oxygen atoms in total. The Labute approximate surface area is 185 Å². The summed E-state index contributed by atoms with van der Waals surface area (Å²) >= 11 is 1.37. The van der Waals surface area contributed by atoms with E-state index in [2.05, 4.69) is 39.6 Å². The molecule has 0 radical (unpaired) electrons. The summed E-state index contributed by atoms with van der Waals surface area (Å²) in [4.78, 5) is 16.7. The van der Waals surface area contributed by atoms with Crippen molar-refractivity contribution in [3.8, 4) is 11.4 Å². The molecular weight excluding hydrogens is 406 g/mol. The first-order valence-electron chi connectivity index (χ1n) is 9.97. The van der Waals surface area contributed by atoms with Crippen molar-refractivity contribution in [3.63, 3.8) is 0 Å². The van der Waals surface area contributed by atoms with Crippen molar-refractivity contribution in [1.82, 2.24) is 19.7 Å². The third kappa shape index (κ3) is 5.19. The molecule has 0 aliphatic carbocycles. The smallest absolute Gasteiger partial charge is 0.234 e. The van der Waals surface area contributed by atoms with E-state index in [9.17, 15) is 4.79 Å². The fraction of sp³-hybridized carbons (Fsp3) is 0.167. The molecule has 31 heavy (non-hydrogen) atoms. The highest BCUT2D eigenvalue weighted by Crippen LogP contribution is 2.25. The van der Waals surface area contributed by atoms with Gasteiger partial charge in [0.05, 0.1) is 12.3 Å². The molecule has 1 amide bonds. The molecule has 0 spiro atoms. The lowest BCUT2D eigenvalue weighted by Gasteiger charge is -2.11. The second-order valence-electron chi connectivity index (χ2n) is 7.26. The van der Waals surface area contributed by atoms with Gasteiger partial charge in [0.15, 0.2) is 11.0 Å². The predicted molar refractivity (Wildman–Crippen MR) is 124 cm³/mol. The summed E-state index contributed by atoms with van der Waals surface area (Å²) in [6.45, 7) is 4.70. The van der Waals surface area contributed by atoms with Crippen molar-refractivity contribution in [2.24, 2.45) is 0 Å². The Kier molecular flexibility index (Phi) is 6.43. The van der Waals surface area contributed by atoms with Gasteiger partial charge in [0, 0.05) is 23.6 Å². The van der Waals surface area contributed by atoms with Gasteiger partial charge >= 0.3 is 0 Å². The largest absolute Gasteiger partial charge is 0.325 e. The van der Waals surface area contributed by atoms with Crippen LogP contribution in [0, 0.1) is 13.8 Å². The maximum absolute atomic E-state index is 12.5. The number of carbonyl (C=O) groups excluding carboxylic acids is 1. The number of nitrogens with zero attached hydrogens (tertiary/aromatic N) is 4. The van der Waals surface area contributed by atoms with E-state index < -0.39 is 0 Å². The number of aryl methyl sites for hydroxylation is 2. The van der Waals surface area contributed by atoms with E-state index in [1.807, 2.05) is 60.0 Å². The lowest BCUT2D eigenvalue weighted by atomic mass is 10.1. The monoisotopic (exact) mass is 429 g/mol. The highest BCUT2D eigenvalue weighted by molar-refractivity contribution is 7.99. The summed E-state index contributed by atoms with van der Waals surface area (Å²) in [7, 11) is 0. The van der Waals surface area contributed by atoms with Gasteiger partial charge in [-0.15, -0.1) is 10.2 Å². The van der Waals surface area contributed by atoms with Gasteiger partial charge in [-0.1, -0.05) is 48.2 Å². The zero-order valence-electron chi connectivity index (χ0n) is 17.4. The summed E-state index contributed by atoms with van der Waals surface area (Å²) in [5.74, 6) is 0.895. The van der Waals surface area contributed by atoms with Crippen molar-refractivity contribution in [3.05, 3.63) is 89.7 Å². The van der Waals surface area contributed by atoms with E-state index in [-0.39, 0.29) is 11.7 Å². The van der Waals surface area contributed by atoms with Crippen molar-refractivity contribution in [1.29, 1.82) is 0 Å². The predicted octanol–water partition coefficient (Wildman–Crippen LogP) is 4.74. The van der Waals surface area contributed by atoms with Gasteiger partial charge in [-0.2, -0.15) is 0 Å². The van der Waals surface area contributed by atoms with Gasteiger partial charge in [-0.3, -0.25) is 14.3 Å². The molecule has 2 heterocycles. The van der Waals surface area contributed by atoms with E-state index in [1.54, 1.807) is 12.4 Å². The minimum Gasteiger partial charge on any atom is -0.325 e. The number of amides is 1. The zero-order chi connectivity index (χ0) is 21.6. The lowest BCUT2D eigenvalue weighted by molar-refractivity contribution is -0.113. The number of thioether (sulfide) groups is 1. The fourth-order valence-corrected chi connectivity index (χ4v) is 3.90. The molecular formula is C24H23N5OS. The molecule has 0 aliphatic heterocycles. The summed E-state index contributed by atoms with van der Waals surface area (Å²) in [5, 5.41) is 12.4. The zero-order valence-corrected chi connectivity index (χ0v) is 18.3. The number of rotatable bonds is 7. The molecule has 0 saturated heterocycles. The van der Waals surface area contributed by atoms with Crippen LogP contribution >= 0.6 is 11.8 Å². The Balaban J connectivity index is 1.52. The summed E-state index contributed by atoms with van der Waals surface area (Å²) in [6, 6.07) is 19.9. The molecule has 0 aliphatic rings. The molecule has 0 unspecified atom stereocenters. The molecule has 0 atom stereocenters. The molecule has 0 saturated carbocycles. The standard InChI is InChI=1S/C24H23N5OS/c1-17-10-11-21(13-18(17)2)26-22(30)16-31-24-28-27-23(20-9-6-12-25-14-20)29(24)15-19-7-4-3-5-8-19/h3-14H,15-16H2,1-2H3,(H,26,30). The van der Waals surface area contributed by atoms with Crippen LogP contribution in [-0.4, -0.2) is 31.4 Å². The average molecular weight is 430 g/mol. The molecule has 0 fully saturated rings. The van der Waals surface area contributed by atoms with Gasteiger partial charge in [0.1, 0.15) is 0 Å². The van der Waals surface area contributed by atoms with Crippen LogP contribution < -0.4 is 5.32 Å². The first-order valence-corrected chi connectivity index (χ1v) is 11.0. The molecule has 4 rings (SSSR count). The van der Waals surface area contributed by atoms with Crippen LogP contribution in [0.25, 0.3) is 11.4 Å². The molecule has 156 valence electrons. The van der Waals surface area contributed by atoms with Crippen LogP contribution in [0.2, 0.25) is 0 Å². The van der Waals surface area contributed by atoms with Crippen LogP contribution in [0.1, 0.15) is 16.7 Å². The Morgan fingerprint density at radius 1 is 1.00 bits per heavy atom. The topological polar surface area (TPSA) is 72.7 Å². The summed E-state index contributed by atoms with van der Waals surface area (Å²) in [6.07, 6.45) is 3.50. The maximum atomic E-state index is 12.5. The van der Waals surface area contributed by atoms with Gasteiger partial charge in [-0.25, -0.2) is 0 Å². The van der Waals surface area contributed by atoms with Gasteiger partial charge in [0.25, 0.3) is 0 Å². The number of nitrogens with one attached hydrogen (secondary N) is 1. The van der Waals surface area contributed by atoms with Crippen molar-refractivity contribution >= 4 is 23.4 Å². The molecule has 2 aromatic carbocycles. The molecule has 7 heteroatoms. The molecule has 4 aromatic rings. The second-order valence-corrected chi connectivity index (χ2v) is 8.20.